The minimum atomic E-state index is -0.799. The summed E-state index contributed by atoms with van der Waals surface area (Å²) in [5.41, 5.74) is 0.325. The summed E-state index contributed by atoms with van der Waals surface area (Å²) in [6.45, 7) is 0.675. The standard InChI is InChI=1S/C17H14N2O5/c20-16-6-3-11-18(16)12-7-9-13(10-8-12)24-17(21)14-4-1-2-5-15(14)19(22)23/h1-2,4-5,7-10H,3,6,11H2. The second-order valence-corrected chi connectivity index (χ2v) is 5.31. The third-order valence-corrected chi connectivity index (χ3v) is 3.75. The van der Waals surface area contributed by atoms with E-state index >= 15 is 0 Å². The summed E-state index contributed by atoms with van der Waals surface area (Å²) >= 11 is 0. The van der Waals surface area contributed by atoms with E-state index in [4.69, 9.17) is 4.74 Å². The van der Waals surface area contributed by atoms with Gasteiger partial charge in [0.05, 0.1) is 4.92 Å². The van der Waals surface area contributed by atoms with Gasteiger partial charge in [0.25, 0.3) is 5.69 Å². The van der Waals surface area contributed by atoms with Crippen LogP contribution in [0.3, 0.4) is 0 Å². The van der Waals surface area contributed by atoms with Crippen LogP contribution < -0.4 is 9.64 Å². The molecule has 2 aromatic carbocycles. The highest BCUT2D eigenvalue weighted by Crippen LogP contribution is 2.25. The van der Waals surface area contributed by atoms with Crippen molar-refractivity contribution in [3.63, 3.8) is 0 Å². The van der Waals surface area contributed by atoms with Crippen LogP contribution in [0, 0.1) is 10.1 Å². The monoisotopic (exact) mass is 326 g/mol. The van der Waals surface area contributed by atoms with Crippen LogP contribution in [0.5, 0.6) is 5.75 Å². The lowest BCUT2D eigenvalue weighted by molar-refractivity contribution is -0.385. The molecular weight excluding hydrogens is 312 g/mol. The number of esters is 1. The molecule has 7 heteroatoms. The summed E-state index contributed by atoms with van der Waals surface area (Å²) in [6.07, 6.45) is 1.36. The number of amides is 1. The number of hydrogen-bond donors (Lipinski definition) is 0. The summed E-state index contributed by atoms with van der Waals surface area (Å²) in [5, 5.41) is 11.0. The van der Waals surface area contributed by atoms with Crippen molar-refractivity contribution in [3.8, 4) is 5.75 Å². The van der Waals surface area contributed by atoms with Gasteiger partial charge in [0.1, 0.15) is 11.3 Å². The van der Waals surface area contributed by atoms with Crippen LogP contribution in [-0.2, 0) is 4.79 Å². The van der Waals surface area contributed by atoms with Crippen molar-refractivity contribution < 1.29 is 19.2 Å². The van der Waals surface area contributed by atoms with Gasteiger partial charge in [-0.05, 0) is 36.8 Å². The molecule has 1 saturated heterocycles. The van der Waals surface area contributed by atoms with Crippen LogP contribution in [0.4, 0.5) is 11.4 Å². The molecule has 122 valence electrons. The van der Waals surface area contributed by atoms with Gasteiger partial charge in [-0.2, -0.15) is 0 Å². The molecule has 1 heterocycles. The third kappa shape index (κ3) is 3.10. The van der Waals surface area contributed by atoms with Gasteiger partial charge < -0.3 is 9.64 Å². The fourth-order valence-corrected chi connectivity index (χ4v) is 2.58. The molecular formula is C17H14N2O5. The average Bonchev–Trinajstić information content (AvgIpc) is 3.01. The number of carbonyl (C=O) groups excluding carboxylic acids is 2. The molecule has 0 bridgehead atoms. The van der Waals surface area contributed by atoms with E-state index in [2.05, 4.69) is 0 Å². The number of carbonyl (C=O) groups is 2. The van der Waals surface area contributed by atoms with E-state index in [0.29, 0.717) is 13.0 Å². The molecule has 0 aliphatic carbocycles. The topological polar surface area (TPSA) is 89.8 Å². The van der Waals surface area contributed by atoms with E-state index in [1.165, 1.54) is 24.3 Å². The van der Waals surface area contributed by atoms with Gasteiger partial charge in [-0.3, -0.25) is 14.9 Å². The van der Waals surface area contributed by atoms with Crippen LogP contribution in [0.1, 0.15) is 23.2 Å². The Balaban J connectivity index is 1.76. The van der Waals surface area contributed by atoms with E-state index in [1.807, 2.05) is 0 Å². The van der Waals surface area contributed by atoms with Gasteiger partial charge in [0.2, 0.25) is 5.91 Å². The molecule has 1 fully saturated rings. The Morgan fingerprint density at radius 1 is 1.12 bits per heavy atom. The van der Waals surface area contributed by atoms with Crippen LogP contribution in [0.25, 0.3) is 0 Å². The van der Waals surface area contributed by atoms with E-state index in [0.717, 1.165) is 12.1 Å². The molecule has 0 saturated carbocycles. The van der Waals surface area contributed by atoms with Crippen molar-refractivity contribution in [1.29, 1.82) is 0 Å². The molecule has 1 amide bonds. The van der Waals surface area contributed by atoms with Crippen molar-refractivity contribution in [1.82, 2.24) is 0 Å². The maximum absolute atomic E-state index is 12.1. The maximum Gasteiger partial charge on any atom is 0.350 e. The Bertz CT molecular complexity index is 801. The van der Waals surface area contributed by atoms with Crippen molar-refractivity contribution in [2.75, 3.05) is 11.4 Å². The van der Waals surface area contributed by atoms with Gasteiger partial charge in [-0.1, -0.05) is 12.1 Å². The lowest BCUT2D eigenvalue weighted by atomic mass is 10.2. The number of hydrogen-bond acceptors (Lipinski definition) is 5. The first kappa shape index (κ1) is 15.7. The number of anilines is 1. The van der Waals surface area contributed by atoms with E-state index in [1.54, 1.807) is 29.2 Å². The maximum atomic E-state index is 12.1. The molecule has 0 atom stereocenters. The summed E-state index contributed by atoms with van der Waals surface area (Å²) in [6, 6.07) is 12.1. The summed E-state index contributed by atoms with van der Waals surface area (Å²) in [5.74, 6) is -0.472. The largest absolute Gasteiger partial charge is 0.423 e. The zero-order valence-electron chi connectivity index (χ0n) is 12.7. The fourth-order valence-electron chi connectivity index (χ4n) is 2.58. The Morgan fingerprint density at radius 2 is 1.83 bits per heavy atom. The molecule has 1 aliphatic heterocycles. The molecule has 2 aromatic rings. The summed E-state index contributed by atoms with van der Waals surface area (Å²) in [4.78, 5) is 35.9. The quantitative estimate of drug-likeness (QED) is 0.373. The molecule has 0 unspecified atom stereocenters. The normalized spacial score (nSPS) is 13.8. The second-order valence-electron chi connectivity index (χ2n) is 5.31. The van der Waals surface area contributed by atoms with Crippen molar-refractivity contribution >= 4 is 23.3 Å². The molecule has 0 aromatic heterocycles. The number of para-hydroxylation sites is 1. The van der Waals surface area contributed by atoms with E-state index in [-0.39, 0.29) is 22.9 Å². The minimum Gasteiger partial charge on any atom is -0.423 e. The second kappa shape index (κ2) is 6.49. The average molecular weight is 326 g/mol. The zero-order chi connectivity index (χ0) is 17.1. The number of nitro groups is 1. The minimum absolute atomic E-state index is 0.0691. The summed E-state index contributed by atoms with van der Waals surface area (Å²) < 4.78 is 5.19. The Hall–Kier alpha value is -3.22. The van der Waals surface area contributed by atoms with Crippen LogP contribution >= 0.6 is 0 Å². The molecule has 24 heavy (non-hydrogen) atoms. The number of nitrogens with zero attached hydrogens (tertiary/aromatic N) is 2. The van der Waals surface area contributed by atoms with Gasteiger partial charge in [0.15, 0.2) is 0 Å². The van der Waals surface area contributed by atoms with Crippen LogP contribution in [0.15, 0.2) is 48.5 Å². The first-order chi connectivity index (χ1) is 11.6. The first-order valence-corrected chi connectivity index (χ1v) is 7.42. The molecule has 3 rings (SSSR count). The number of ether oxygens (including phenoxy) is 1. The third-order valence-electron chi connectivity index (χ3n) is 3.75. The Kier molecular flexibility index (Phi) is 4.24. The lowest BCUT2D eigenvalue weighted by Crippen LogP contribution is -2.23. The molecule has 0 N–H and O–H groups in total. The molecule has 0 radical (unpaired) electrons. The van der Waals surface area contributed by atoms with Gasteiger partial charge in [0, 0.05) is 24.7 Å². The predicted octanol–water partition coefficient (Wildman–Crippen LogP) is 2.94. The Labute approximate surface area is 137 Å². The van der Waals surface area contributed by atoms with Crippen molar-refractivity contribution in [2.45, 2.75) is 12.8 Å². The van der Waals surface area contributed by atoms with Gasteiger partial charge in [-0.25, -0.2) is 4.79 Å². The highest BCUT2D eigenvalue weighted by Gasteiger charge is 2.23. The first-order valence-electron chi connectivity index (χ1n) is 7.42. The number of rotatable bonds is 4. The van der Waals surface area contributed by atoms with E-state index < -0.39 is 10.9 Å². The number of nitro benzene ring substituents is 1. The predicted molar refractivity (Wildman–Crippen MR) is 86.1 cm³/mol. The molecule has 0 spiro atoms. The lowest BCUT2D eigenvalue weighted by Gasteiger charge is -2.15. The smallest absolute Gasteiger partial charge is 0.350 e. The SMILES string of the molecule is O=C(Oc1ccc(N2CCCC2=O)cc1)c1ccccc1[N+](=O)[O-]. The molecule has 1 aliphatic rings. The summed E-state index contributed by atoms with van der Waals surface area (Å²) in [7, 11) is 0. The Morgan fingerprint density at radius 3 is 2.46 bits per heavy atom. The van der Waals surface area contributed by atoms with Crippen LogP contribution in [0.2, 0.25) is 0 Å². The fraction of sp³-hybridized carbons (Fsp3) is 0.176. The highest BCUT2D eigenvalue weighted by atomic mass is 16.6. The van der Waals surface area contributed by atoms with Crippen LogP contribution in [-0.4, -0.2) is 23.3 Å². The highest BCUT2D eigenvalue weighted by molar-refractivity contribution is 5.96. The zero-order valence-corrected chi connectivity index (χ0v) is 12.7. The number of benzene rings is 2. The molecule has 7 nitrogen and oxygen atoms in total. The van der Waals surface area contributed by atoms with E-state index in [9.17, 15) is 19.7 Å². The van der Waals surface area contributed by atoms with Crippen molar-refractivity contribution in [3.05, 3.63) is 64.2 Å². The van der Waals surface area contributed by atoms with Gasteiger partial charge in [-0.15, -0.1) is 0 Å². The van der Waals surface area contributed by atoms with Gasteiger partial charge >= 0.3 is 5.97 Å². The van der Waals surface area contributed by atoms with Crippen molar-refractivity contribution in [2.24, 2.45) is 0 Å².